The van der Waals surface area contributed by atoms with Gasteiger partial charge in [-0.2, -0.15) is 0 Å². The van der Waals surface area contributed by atoms with Gasteiger partial charge in [0, 0.05) is 11.8 Å². The molecule has 2 heterocycles. The Kier molecular flexibility index (Phi) is 3.61. The van der Waals surface area contributed by atoms with Crippen LogP contribution in [0.15, 0.2) is 16.7 Å². The van der Waals surface area contributed by atoms with E-state index in [9.17, 15) is 9.90 Å². The molecule has 7 atom stereocenters. The summed E-state index contributed by atoms with van der Waals surface area (Å²) in [4.78, 5) is 12.8. The van der Waals surface area contributed by atoms with E-state index in [1.165, 1.54) is 12.7 Å². The standard InChI is InChI=1S/C21H28O5/c1-12-13-4-5-17-20(18(22)24-2)7-3-8-21(17,19(23)26-11-20)15(13)10-16-14(12)6-9-25-16/h6,9,12-13,15,17,19,23H,3-5,7-8,10-11H2,1-2H3/t12-,13+,15+,17+,19-,20+,21+/m1/s1. The van der Waals surface area contributed by atoms with Crippen LogP contribution in [-0.2, 0) is 20.7 Å². The van der Waals surface area contributed by atoms with Crippen molar-refractivity contribution in [2.75, 3.05) is 13.7 Å². The molecule has 0 amide bonds. The van der Waals surface area contributed by atoms with E-state index in [2.05, 4.69) is 13.0 Å². The summed E-state index contributed by atoms with van der Waals surface area (Å²) >= 11 is 0. The third-order valence-electron chi connectivity index (χ3n) is 8.41. The molecule has 0 radical (unpaired) electrons. The highest BCUT2D eigenvalue weighted by Gasteiger charge is 2.69. The van der Waals surface area contributed by atoms with Crippen LogP contribution in [0.25, 0.3) is 0 Å². The molecule has 2 saturated carbocycles. The van der Waals surface area contributed by atoms with Gasteiger partial charge in [-0.05, 0) is 61.0 Å². The molecule has 0 aromatic carbocycles. The predicted octanol–water partition coefficient (Wildman–Crippen LogP) is 3.26. The van der Waals surface area contributed by atoms with Crippen LogP contribution in [-0.4, -0.2) is 31.1 Å². The number of hydrogen-bond acceptors (Lipinski definition) is 5. The van der Waals surface area contributed by atoms with E-state index in [4.69, 9.17) is 13.9 Å². The second kappa shape index (κ2) is 5.59. The Morgan fingerprint density at radius 3 is 3.00 bits per heavy atom. The summed E-state index contributed by atoms with van der Waals surface area (Å²) < 4.78 is 16.9. The second-order valence-electron chi connectivity index (χ2n) is 8.97. The molecule has 4 aliphatic rings. The Morgan fingerprint density at radius 2 is 2.19 bits per heavy atom. The van der Waals surface area contributed by atoms with Crippen molar-refractivity contribution < 1.29 is 23.8 Å². The van der Waals surface area contributed by atoms with Gasteiger partial charge in [0.15, 0.2) is 6.29 Å². The quantitative estimate of drug-likeness (QED) is 0.779. The van der Waals surface area contributed by atoms with Crippen LogP contribution in [0, 0.1) is 28.6 Å². The van der Waals surface area contributed by atoms with E-state index in [0.29, 0.717) is 11.8 Å². The molecule has 1 aromatic heterocycles. The molecule has 26 heavy (non-hydrogen) atoms. The average molecular weight is 360 g/mol. The van der Waals surface area contributed by atoms with Gasteiger partial charge in [0.05, 0.1) is 25.4 Å². The van der Waals surface area contributed by atoms with Gasteiger partial charge in [-0.15, -0.1) is 0 Å². The smallest absolute Gasteiger partial charge is 0.314 e. The molecule has 0 spiro atoms. The molecule has 142 valence electrons. The molecule has 5 heteroatoms. The minimum atomic E-state index is -0.804. The predicted molar refractivity (Wildman–Crippen MR) is 93.2 cm³/mol. The number of furan rings is 1. The van der Waals surface area contributed by atoms with Crippen molar-refractivity contribution >= 4 is 5.97 Å². The maximum absolute atomic E-state index is 12.8. The molecule has 1 aliphatic heterocycles. The van der Waals surface area contributed by atoms with Crippen LogP contribution in [0.1, 0.15) is 56.3 Å². The minimum Gasteiger partial charge on any atom is -0.469 e. The zero-order chi connectivity index (χ0) is 18.1. The van der Waals surface area contributed by atoms with Crippen LogP contribution >= 0.6 is 0 Å². The average Bonchev–Trinajstić information content (AvgIpc) is 3.13. The summed E-state index contributed by atoms with van der Waals surface area (Å²) in [6.45, 7) is 2.57. The fourth-order valence-electron chi connectivity index (χ4n) is 7.35. The Hall–Kier alpha value is -1.33. The van der Waals surface area contributed by atoms with Crippen LogP contribution in [0.4, 0.5) is 0 Å². The Bertz CT molecular complexity index is 726. The van der Waals surface area contributed by atoms with Gasteiger partial charge >= 0.3 is 5.97 Å². The summed E-state index contributed by atoms with van der Waals surface area (Å²) in [5, 5.41) is 11.1. The van der Waals surface area contributed by atoms with E-state index < -0.39 is 11.7 Å². The number of aliphatic hydroxyl groups is 1. The molecular formula is C21H28O5. The molecule has 1 aromatic rings. The summed E-state index contributed by atoms with van der Waals surface area (Å²) in [7, 11) is 1.47. The van der Waals surface area contributed by atoms with Crippen molar-refractivity contribution in [1.82, 2.24) is 0 Å². The zero-order valence-corrected chi connectivity index (χ0v) is 15.6. The lowest BCUT2D eigenvalue weighted by Crippen LogP contribution is -2.68. The molecule has 5 rings (SSSR count). The molecule has 3 fully saturated rings. The number of carbonyl (C=O) groups excluding carboxylic acids is 1. The lowest BCUT2D eigenvalue weighted by molar-refractivity contribution is -0.319. The van der Waals surface area contributed by atoms with E-state index in [-0.39, 0.29) is 29.8 Å². The van der Waals surface area contributed by atoms with Gasteiger partial charge in [0.1, 0.15) is 5.76 Å². The number of esters is 1. The van der Waals surface area contributed by atoms with E-state index in [0.717, 1.165) is 44.3 Å². The van der Waals surface area contributed by atoms with Crippen molar-refractivity contribution in [3.05, 3.63) is 23.7 Å². The van der Waals surface area contributed by atoms with Gasteiger partial charge in [0.2, 0.25) is 0 Å². The topological polar surface area (TPSA) is 68.9 Å². The minimum absolute atomic E-state index is 0.130. The van der Waals surface area contributed by atoms with E-state index in [1.54, 1.807) is 6.26 Å². The SMILES string of the molecule is COC(=O)[C@@]12CCC[C@]3([C@H](O)OC1)[C@H]1Cc4occc4[C@H](C)[C@@H]1CC[C@@H]23. The molecule has 5 nitrogen and oxygen atoms in total. The maximum Gasteiger partial charge on any atom is 0.314 e. The summed E-state index contributed by atoms with van der Waals surface area (Å²) in [5.41, 5.74) is 0.360. The molecule has 2 bridgehead atoms. The van der Waals surface area contributed by atoms with Crippen molar-refractivity contribution in [2.45, 2.75) is 57.7 Å². The van der Waals surface area contributed by atoms with Gasteiger partial charge < -0.3 is 19.0 Å². The first kappa shape index (κ1) is 16.8. The third-order valence-corrected chi connectivity index (χ3v) is 8.41. The van der Waals surface area contributed by atoms with Crippen LogP contribution in [0.3, 0.4) is 0 Å². The first-order chi connectivity index (χ1) is 12.5. The van der Waals surface area contributed by atoms with Gasteiger partial charge in [-0.1, -0.05) is 13.3 Å². The lowest BCUT2D eigenvalue weighted by Gasteiger charge is -2.66. The van der Waals surface area contributed by atoms with Crippen LogP contribution < -0.4 is 0 Å². The van der Waals surface area contributed by atoms with Crippen molar-refractivity contribution in [1.29, 1.82) is 0 Å². The van der Waals surface area contributed by atoms with Gasteiger partial charge in [-0.25, -0.2) is 0 Å². The van der Waals surface area contributed by atoms with E-state index in [1.807, 2.05) is 0 Å². The number of aliphatic hydroxyl groups excluding tert-OH is 1. The molecular weight excluding hydrogens is 332 g/mol. The zero-order valence-electron chi connectivity index (χ0n) is 15.6. The summed E-state index contributed by atoms with van der Waals surface area (Å²) in [6.07, 6.45) is 6.55. The number of rotatable bonds is 1. The van der Waals surface area contributed by atoms with Crippen molar-refractivity contribution in [2.24, 2.45) is 28.6 Å². The highest BCUT2D eigenvalue weighted by atomic mass is 16.6. The van der Waals surface area contributed by atoms with Gasteiger partial charge in [0.25, 0.3) is 0 Å². The normalized spacial score (nSPS) is 46.7. The van der Waals surface area contributed by atoms with Crippen LogP contribution in [0.5, 0.6) is 0 Å². The highest BCUT2D eigenvalue weighted by Crippen LogP contribution is 2.68. The fourth-order valence-corrected chi connectivity index (χ4v) is 7.35. The van der Waals surface area contributed by atoms with Gasteiger partial charge in [-0.3, -0.25) is 4.79 Å². The Labute approximate surface area is 154 Å². The first-order valence-electron chi connectivity index (χ1n) is 9.99. The van der Waals surface area contributed by atoms with E-state index >= 15 is 0 Å². The summed E-state index contributed by atoms with van der Waals surface area (Å²) in [5.74, 6) is 2.24. The first-order valence-corrected chi connectivity index (χ1v) is 9.99. The number of carbonyl (C=O) groups is 1. The number of hydrogen-bond donors (Lipinski definition) is 1. The molecule has 3 aliphatic carbocycles. The lowest BCUT2D eigenvalue weighted by atomic mass is 9.41. The number of fused-ring (bicyclic) bond motifs is 2. The second-order valence-corrected chi connectivity index (χ2v) is 8.97. The fraction of sp³-hybridized carbons (Fsp3) is 0.762. The number of methoxy groups -OCH3 is 1. The molecule has 0 unspecified atom stereocenters. The monoisotopic (exact) mass is 360 g/mol. The largest absolute Gasteiger partial charge is 0.469 e. The maximum atomic E-state index is 12.8. The van der Waals surface area contributed by atoms with Crippen molar-refractivity contribution in [3.8, 4) is 0 Å². The van der Waals surface area contributed by atoms with Crippen LogP contribution in [0.2, 0.25) is 0 Å². The number of ether oxygens (including phenoxy) is 2. The highest BCUT2D eigenvalue weighted by molar-refractivity contribution is 5.78. The Balaban J connectivity index is 1.63. The summed E-state index contributed by atoms with van der Waals surface area (Å²) in [6, 6.07) is 2.10. The van der Waals surface area contributed by atoms with Crippen molar-refractivity contribution in [3.63, 3.8) is 0 Å². The molecule has 1 saturated heterocycles. The molecule has 1 N–H and O–H groups in total. The Morgan fingerprint density at radius 1 is 1.35 bits per heavy atom. The third kappa shape index (κ3) is 1.86.